The molecule has 4 aromatic rings. The van der Waals surface area contributed by atoms with Crippen LogP contribution < -0.4 is 21.3 Å². The number of ketones is 1. The molecular weight excluding hydrogens is 537 g/mol. The van der Waals surface area contributed by atoms with E-state index in [1.54, 1.807) is 44.2 Å². The molecule has 0 atom stereocenters. The number of benzene rings is 2. The number of aromatic amines is 1. The molecule has 5 N–H and O–H groups in total. The smallest absolute Gasteiger partial charge is 0.324 e. The van der Waals surface area contributed by atoms with Crippen molar-refractivity contribution in [1.82, 2.24) is 20.2 Å². The van der Waals surface area contributed by atoms with Crippen molar-refractivity contribution in [3.05, 3.63) is 76.1 Å². The first-order chi connectivity index (χ1) is 18.4. The summed E-state index contributed by atoms with van der Waals surface area (Å²) in [6.07, 6.45) is -4.65. The molecule has 4 rings (SSSR count). The van der Waals surface area contributed by atoms with Gasteiger partial charge in [-0.05, 0) is 55.8 Å². The highest BCUT2D eigenvalue weighted by molar-refractivity contribution is 6.31. The molecule has 202 valence electrons. The van der Waals surface area contributed by atoms with Crippen molar-refractivity contribution < 1.29 is 22.8 Å². The molecule has 0 saturated heterocycles. The number of carbonyl (C=O) groups is 2. The normalized spacial score (nSPS) is 11.2. The zero-order chi connectivity index (χ0) is 28.3. The van der Waals surface area contributed by atoms with Crippen molar-refractivity contribution in [2.75, 3.05) is 21.3 Å². The first-order valence-electron chi connectivity index (χ1n) is 11.4. The topological polar surface area (TPSA) is 137 Å². The van der Waals surface area contributed by atoms with Gasteiger partial charge in [-0.3, -0.25) is 9.89 Å². The van der Waals surface area contributed by atoms with Gasteiger partial charge >= 0.3 is 12.2 Å². The van der Waals surface area contributed by atoms with E-state index < -0.39 is 22.8 Å². The van der Waals surface area contributed by atoms with E-state index in [1.165, 1.54) is 13.0 Å². The van der Waals surface area contributed by atoms with Gasteiger partial charge in [-0.15, -0.1) is 0 Å². The minimum atomic E-state index is -4.65. The Bertz CT molecular complexity index is 1550. The van der Waals surface area contributed by atoms with Gasteiger partial charge < -0.3 is 21.3 Å². The van der Waals surface area contributed by atoms with Crippen molar-refractivity contribution in [3.63, 3.8) is 0 Å². The molecule has 0 saturated carbocycles. The number of H-pyrrole nitrogens is 1. The molecule has 0 unspecified atom stereocenters. The van der Waals surface area contributed by atoms with Gasteiger partial charge in [0.2, 0.25) is 5.95 Å². The van der Waals surface area contributed by atoms with Gasteiger partial charge in [0.25, 0.3) is 0 Å². The Kier molecular flexibility index (Phi) is 7.72. The lowest BCUT2D eigenvalue weighted by atomic mass is 10.1. The van der Waals surface area contributed by atoms with E-state index in [0.717, 1.165) is 17.7 Å². The molecule has 2 aromatic carbocycles. The van der Waals surface area contributed by atoms with E-state index in [-0.39, 0.29) is 11.5 Å². The highest BCUT2D eigenvalue weighted by atomic mass is 35.5. The summed E-state index contributed by atoms with van der Waals surface area (Å²) in [6, 6.07) is 10.6. The lowest BCUT2D eigenvalue weighted by Crippen LogP contribution is -2.20. The first kappa shape index (κ1) is 27.4. The number of aromatic nitrogens is 4. The monoisotopic (exact) mass is 558 g/mol. The van der Waals surface area contributed by atoms with Crippen LogP contribution in [0.2, 0.25) is 5.02 Å². The largest absolute Gasteiger partial charge is 0.417 e. The molecule has 2 amide bonds. The number of alkyl halides is 3. The fourth-order valence-electron chi connectivity index (χ4n) is 3.50. The van der Waals surface area contributed by atoms with Crippen LogP contribution in [0.4, 0.5) is 52.6 Å². The summed E-state index contributed by atoms with van der Waals surface area (Å²) in [5.74, 6) is 1.02. The number of nitrogens with one attached hydrogen (secondary N) is 5. The van der Waals surface area contributed by atoms with Gasteiger partial charge in [0, 0.05) is 41.8 Å². The number of anilines is 6. The van der Waals surface area contributed by atoms with Crippen LogP contribution in [0.3, 0.4) is 0 Å². The Labute approximate surface area is 225 Å². The Morgan fingerprint density at radius 2 is 1.59 bits per heavy atom. The van der Waals surface area contributed by atoms with Crippen LogP contribution >= 0.6 is 11.6 Å². The molecule has 0 bridgehead atoms. The predicted octanol–water partition coefficient (Wildman–Crippen LogP) is 6.82. The molecule has 0 aliphatic rings. The minimum Gasteiger partial charge on any atom is -0.324 e. The van der Waals surface area contributed by atoms with Gasteiger partial charge in [0.1, 0.15) is 11.5 Å². The third-order valence-corrected chi connectivity index (χ3v) is 5.66. The van der Waals surface area contributed by atoms with E-state index in [9.17, 15) is 22.8 Å². The lowest BCUT2D eigenvalue weighted by molar-refractivity contribution is -0.137. The Morgan fingerprint density at radius 3 is 2.23 bits per heavy atom. The maximum absolute atomic E-state index is 13.1. The number of aryl methyl sites for hydroxylation is 2. The van der Waals surface area contributed by atoms with E-state index in [0.29, 0.717) is 40.3 Å². The van der Waals surface area contributed by atoms with Crippen molar-refractivity contribution >= 4 is 58.1 Å². The second-order valence-corrected chi connectivity index (χ2v) is 8.90. The summed E-state index contributed by atoms with van der Waals surface area (Å²) < 4.78 is 39.2. The number of halogens is 4. The minimum absolute atomic E-state index is 0.0624. The van der Waals surface area contributed by atoms with Crippen molar-refractivity contribution in [2.45, 2.75) is 26.9 Å². The number of Topliss-reactive ketones (excluding diaryl/α,β-unsaturated/α-hetero) is 1. The van der Waals surface area contributed by atoms with E-state index in [2.05, 4.69) is 41.4 Å². The quantitative estimate of drug-likeness (QED) is 0.157. The van der Waals surface area contributed by atoms with E-state index in [1.807, 2.05) is 0 Å². The van der Waals surface area contributed by atoms with E-state index >= 15 is 0 Å². The molecule has 0 fully saturated rings. The van der Waals surface area contributed by atoms with Gasteiger partial charge in [-0.1, -0.05) is 11.6 Å². The molecule has 2 aromatic heterocycles. The molecule has 0 spiro atoms. The number of nitrogens with zero attached hydrogens (tertiary/aromatic N) is 3. The Morgan fingerprint density at radius 1 is 0.897 bits per heavy atom. The molecule has 10 nitrogen and oxygen atoms in total. The van der Waals surface area contributed by atoms with Crippen molar-refractivity contribution in [1.29, 1.82) is 0 Å². The zero-order valence-corrected chi connectivity index (χ0v) is 21.5. The molecule has 14 heteroatoms. The van der Waals surface area contributed by atoms with E-state index in [4.69, 9.17) is 11.6 Å². The van der Waals surface area contributed by atoms with Gasteiger partial charge in [-0.25, -0.2) is 9.78 Å². The number of hydrogen-bond donors (Lipinski definition) is 5. The summed E-state index contributed by atoms with van der Waals surface area (Å²) in [7, 11) is 0. The van der Waals surface area contributed by atoms with Crippen LogP contribution in [0.5, 0.6) is 0 Å². The van der Waals surface area contributed by atoms with Gasteiger partial charge in [0.15, 0.2) is 11.6 Å². The molecule has 2 heterocycles. The SMILES string of the molecule is CC(=O)c1cc(Nc2cc(C)nc(Nc3ccc(NC(=O)Nc4ccc(Cl)c(C(F)(F)F)c4)cc3C)n2)n[nH]1. The number of hydrogen-bond acceptors (Lipinski definition) is 7. The maximum atomic E-state index is 13.1. The average Bonchev–Trinajstić information content (AvgIpc) is 3.30. The molecule has 0 aliphatic carbocycles. The molecule has 0 radical (unpaired) electrons. The number of carbonyl (C=O) groups excluding carboxylic acids is 2. The van der Waals surface area contributed by atoms with Gasteiger partial charge in [-0.2, -0.15) is 23.3 Å². The first-order valence-corrected chi connectivity index (χ1v) is 11.8. The fraction of sp³-hybridized carbons (Fsp3) is 0.160. The summed E-state index contributed by atoms with van der Waals surface area (Å²) in [5, 5.41) is 17.3. The Balaban J connectivity index is 1.43. The third-order valence-electron chi connectivity index (χ3n) is 5.33. The van der Waals surface area contributed by atoms with Crippen LogP contribution in [0.1, 0.15) is 34.2 Å². The molecule has 39 heavy (non-hydrogen) atoms. The van der Waals surface area contributed by atoms with Gasteiger partial charge in [0.05, 0.1) is 10.6 Å². The van der Waals surface area contributed by atoms with Crippen LogP contribution in [0.25, 0.3) is 0 Å². The second-order valence-electron chi connectivity index (χ2n) is 8.49. The van der Waals surface area contributed by atoms with Crippen LogP contribution in [-0.4, -0.2) is 32.0 Å². The van der Waals surface area contributed by atoms with Crippen molar-refractivity contribution in [2.24, 2.45) is 0 Å². The second kappa shape index (κ2) is 11.0. The Hall–Kier alpha value is -4.65. The zero-order valence-electron chi connectivity index (χ0n) is 20.8. The number of amides is 2. The van der Waals surface area contributed by atoms with Crippen LogP contribution in [-0.2, 0) is 6.18 Å². The summed E-state index contributed by atoms with van der Waals surface area (Å²) in [6.45, 7) is 5.01. The number of rotatable bonds is 7. The maximum Gasteiger partial charge on any atom is 0.417 e. The summed E-state index contributed by atoms with van der Waals surface area (Å²) in [5.41, 5.74) is 1.72. The highest BCUT2D eigenvalue weighted by Crippen LogP contribution is 2.36. The highest BCUT2D eigenvalue weighted by Gasteiger charge is 2.33. The fourth-order valence-corrected chi connectivity index (χ4v) is 3.73. The standard InChI is InChI=1S/C25H22ClF3N8O2/c1-12-8-15(31-24(39)32-16-4-6-18(26)17(10-16)25(27,28)29)5-7-19(12)33-23-30-13(2)9-21(35-23)34-22-11-20(14(3)38)36-37-22/h4-11H,1-3H3,(H2,31,32,39)(H3,30,33,34,35,36,37). The van der Waals surface area contributed by atoms with Crippen molar-refractivity contribution in [3.8, 4) is 0 Å². The third kappa shape index (κ3) is 7.02. The summed E-state index contributed by atoms with van der Waals surface area (Å²) >= 11 is 5.62. The number of urea groups is 1. The van der Waals surface area contributed by atoms with Crippen LogP contribution in [0, 0.1) is 13.8 Å². The molecular formula is C25H22ClF3N8O2. The predicted molar refractivity (Wildman–Crippen MR) is 142 cm³/mol. The molecule has 0 aliphatic heterocycles. The summed E-state index contributed by atoms with van der Waals surface area (Å²) in [4.78, 5) is 32.7. The lowest BCUT2D eigenvalue weighted by Gasteiger charge is -2.14. The van der Waals surface area contributed by atoms with Crippen LogP contribution in [0.15, 0.2) is 48.5 Å². The average molecular weight is 559 g/mol.